The predicted molar refractivity (Wildman–Crippen MR) is 174 cm³/mol. The van der Waals surface area contributed by atoms with Crippen LogP contribution in [0.5, 0.6) is 0 Å². The van der Waals surface area contributed by atoms with E-state index in [0.717, 1.165) is 68.6 Å². The number of rotatable bonds is 13. The first kappa shape index (κ1) is 32.1. The Morgan fingerprint density at radius 1 is 1.21 bits per heavy atom. The lowest BCUT2D eigenvalue weighted by Gasteiger charge is -2.36. The third kappa shape index (κ3) is 8.47. The summed E-state index contributed by atoms with van der Waals surface area (Å²) in [6.07, 6.45) is 6.62. The average molecular weight is 630 g/mol. The molecule has 0 aromatic heterocycles. The molecule has 9 heteroatoms. The number of fused-ring (bicyclic) bond motifs is 1. The van der Waals surface area contributed by atoms with Crippen molar-refractivity contribution in [2.45, 2.75) is 83.3 Å². The molecule has 0 saturated carbocycles. The molecule has 3 aliphatic rings. The molecule has 4 unspecified atom stereocenters. The van der Waals surface area contributed by atoms with E-state index in [2.05, 4.69) is 29.4 Å². The van der Waals surface area contributed by atoms with Crippen LogP contribution in [0.4, 0.5) is 10.1 Å². The van der Waals surface area contributed by atoms with Gasteiger partial charge >= 0.3 is 0 Å². The van der Waals surface area contributed by atoms with Gasteiger partial charge in [-0.2, -0.15) is 0 Å². The number of hydrogen-bond donors (Lipinski definition) is 3. The van der Waals surface area contributed by atoms with E-state index in [0.29, 0.717) is 60.0 Å². The molecule has 3 heterocycles. The summed E-state index contributed by atoms with van der Waals surface area (Å²) in [5, 5.41) is 7.36. The second kappa shape index (κ2) is 15.2. The molecule has 5 rings (SSSR count). The lowest BCUT2D eigenvalue weighted by atomic mass is 9.76. The Morgan fingerprint density at radius 3 is 2.79 bits per heavy atom. The van der Waals surface area contributed by atoms with Crippen molar-refractivity contribution in [1.29, 1.82) is 0 Å². The minimum absolute atomic E-state index is 0.0198. The third-order valence-electron chi connectivity index (χ3n) is 9.33. The highest BCUT2D eigenvalue weighted by Gasteiger charge is 2.37. The number of nitrogens with zero attached hydrogens (tertiary/aromatic N) is 1. The van der Waals surface area contributed by atoms with E-state index in [4.69, 9.17) is 20.9 Å². The van der Waals surface area contributed by atoms with Crippen LogP contribution in [-0.2, 0) is 16.0 Å². The number of anilines is 1. The van der Waals surface area contributed by atoms with E-state index in [1.54, 1.807) is 6.07 Å². The summed E-state index contributed by atoms with van der Waals surface area (Å²) in [6, 6.07) is 13.3. The summed E-state index contributed by atoms with van der Waals surface area (Å²) in [4.78, 5) is 16.0. The van der Waals surface area contributed by atoms with Gasteiger partial charge in [-0.05, 0) is 105 Å². The number of ether oxygens (including phenoxy) is 1. The minimum atomic E-state index is -0.289. The number of carbonyl (C=O) groups excluding carboxylic acids is 1. The molecule has 0 spiro atoms. The van der Waals surface area contributed by atoms with Crippen molar-refractivity contribution in [2.75, 3.05) is 30.8 Å². The normalized spacial score (nSPS) is 22.6. The average Bonchev–Trinajstić information content (AvgIpc) is 3.80. The molecular formula is C34H45ClFN3O3S. The number of nitrogens with one attached hydrogen (secondary N) is 2. The summed E-state index contributed by atoms with van der Waals surface area (Å²) in [5.74, 6) is 1.11. The Balaban J connectivity index is 1.26. The molecular weight excluding hydrogens is 585 g/mol. The summed E-state index contributed by atoms with van der Waals surface area (Å²) in [7, 11) is 0. The van der Waals surface area contributed by atoms with E-state index in [9.17, 15) is 4.79 Å². The number of hydrogen-bond acceptors (Lipinski definition) is 6. The highest BCUT2D eigenvalue weighted by atomic mass is 35.5. The molecule has 234 valence electrons. The van der Waals surface area contributed by atoms with Gasteiger partial charge in [0.2, 0.25) is 5.91 Å². The van der Waals surface area contributed by atoms with Gasteiger partial charge in [-0.15, -0.1) is 0 Å². The van der Waals surface area contributed by atoms with E-state index in [1.807, 2.05) is 30.3 Å². The van der Waals surface area contributed by atoms with Crippen LogP contribution in [0, 0.1) is 17.7 Å². The van der Waals surface area contributed by atoms with E-state index >= 15 is 4.39 Å². The fourth-order valence-electron chi connectivity index (χ4n) is 6.84. The zero-order chi connectivity index (χ0) is 30.3. The Morgan fingerprint density at radius 2 is 2.02 bits per heavy atom. The van der Waals surface area contributed by atoms with Gasteiger partial charge in [-0.25, -0.2) is 4.39 Å². The molecule has 2 aromatic rings. The fraction of sp³-hybridized carbons (Fsp3) is 0.559. The van der Waals surface area contributed by atoms with Crippen molar-refractivity contribution in [1.82, 2.24) is 10.2 Å². The van der Waals surface area contributed by atoms with Gasteiger partial charge in [-0.3, -0.25) is 4.79 Å². The molecule has 2 aromatic carbocycles. The molecule has 3 aliphatic heterocycles. The first-order chi connectivity index (χ1) is 20.8. The topological polar surface area (TPSA) is 73.6 Å². The molecule has 2 fully saturated rings. The van der Waals surface area contributed by atoms with Crippen LogP contribution in [-0.4, -0.2) is 53.0 Å². The van der Waals surface area contributed by atoms with Gasteiger partial charge in [0, 0.05) is 53.3 Å². The summed E-state index contributed by atoms with van der Waals surface area (Å²) in [6.45, 7) is 6.90. The van der Waals surface area contributed by atoms with Crippen molar-refractivity contribution in [3.8, 4) is 0 Å². The highest BCUT2D eigenvalue weighted by Crippen LogP contribution is 2.39. The molecule has 3 N–H and O–H groups in total. The minimum Gasteiger partial charge on any atom is -0.387 e. The first-order valence-electron chi connectivity index (χ1n) is 15.8. The van der Waals surface area contributed by atoms with E-state index < -0.39 is 0 Å². The maximum absolute atomic E-state index is 15.2. The van der Waals surface area contributed by atoms with Crippen molar-refractivity contribution >= 4 is 35.2 Å². The zero-order valence-electron chi connectivity index (χ0n) is 25.3. The van der Waals surface area contributed by atoms with E-state index in [-0.39, 0.29) is 23.7 Å². The Labute approximate surface area is 265 Å². The zero-order valence-corrected chi connectivity index (χ0v) is 26.9. The van der Waals surface area contributed by atoms with E-state index in [1.165, 1.54) is 17.5 Å². The van der Waals surface area contributed by atoms with Gasteiger partial charge in [0.15, 0.2) is 0 Å². The molecule has 0 radical (unpaired) electrons. The molecule has 0 bridgehead atoms. The first-order valence-corrected chi connectivity index (χ1v) is 17.1. The van der Waals surface area contributed by atoms with Crippen LogP contribution in [0.1, 0.15) is 75.8 Å². The number of allylic oxidation sites excluding steroid dienone is 1. The molecule has 2 saturated heterocycles. The van der Waals surface area contributed by atoms with Crippen LogP contribution in [0.25, 0.3) is 0 Å². The van der Waals surface area contributed by atoms with Gasteiger partial charge in [-0.1, -0.05) is 43.6 Å². The summed E-state index contributed by atoms with van der Waals surface area (Å²) < 4.78 is 30.3. The van der Waals surface area contributed by atoms with Crippen LogP contribution in [0.15, 0.2) is 53.9 Å². The molecule has 0 aliphatic carbocycles. The lowest BCUT2D eigenvalue weighted by Crippen LogP contribution is -2.33. The van der Waals surface area contributed by atoms with Crippen LogP contribution >= 0.6 is 23.6 Å². The Kier molecular flexibility index (Phi) is 11.3. The van der Waals surface area contributed by atoms with Crippen molar-refractivity contribution in [3.05, 3.63) is 75.8 Å². The molecule has 4 atom stereocenters. The summed E-state index contributed by atoms with van der Waals surface area (Å²) >= 11 is 7.11. The second-order valence-corrected chi connectivity index (χ2v) is 13.6. The van der Waals surface area contributed by atoms with Crippen LogP contribution < -0.4 is 10.6 Å². The summed E-state index contributed by atoms with van der Waals surface area (Å²) in [5.41, 5.74) is 4.71. The second-order valence-electron chi connectivity index (χ2n) is 12.5. The lowest BCUT2D eigenvalue weighted by molar-refractivity contribution is -0.117. The third-order valence-corrected chi connectivity index (χ3v) is 10.1. The van der Waals surface area contributed by atoms with Gasteiger partial charge in [0.25, 0.3) is 0 Å². The predicted octanol–water partition coefficient (Wildman–Crippen LogP) is 7.85. The van der Waals surface area contributed by atoms with Gasteiger partial charge < -0.3 is 24.8 Å². The SMILES string of the molecule is CC(C)C1CC(C(CC(=O)Nc2cccc(F)c2CCC2=C3CN3C(CCCSO)CCN2)c2ccc(Cl)cc2)CCO1. The largest absolute Gasteiger partial charge is 0.387 e. The van der Waals surface area contributed by atoms with Crippen LogP contribution in [0.3, 0.4) is 0 Å². The smallest absolute Gasteiger partial charge is 0.225 e. The Hall–Kier alpha value is -2.26. The number of benzene rings is 2. The van der Waals surface area contributed by atoms with Crippen molar-refractivity contribution in [2.24, 2.45) is 11.8 Å². The maximum atomic E-state index is 15.2. The Bertz CT molecular complexity index is 1270. The van der Waals surface area contributed by atoms with Gasteiger partial charge in [0.1, 0.15) is 5.82 Å². The van der Waals surface area contributed by atoms with Crippen molar-refractivity contribution < 1.29 is 18.5 Å². The molecule has 6 nitrogen and oxygen atoms in total. The fourth-order valence-corrected chi connectivity index (χ4v) is 7.26. The van der Waals surface area contributed by atoms with Crippen LogP contribution in [0.2, 0.25) is 5.02 Å². The number of halogens is 2. The highest BCUT2D eigenvalue weighted by molar-refractivity contribution is 7.93. The monoisotopic (exact) mass is 629 g/mol. The number of amides is 1. The quantitative estimate of drug-likeness (QED) is 0.119. The maximum Gasteiger partial charge on any atom is 0.225 e. The molecule has 1 amide bonds. The van der Waals surface area contributed by atoms with Crippen molar-refractivity contribution in [3.63, 3.8) is 0 Å². The van der Waals surface area contributed by atoms with Gasteiger partial charge in [0.05, 0.1) is 18.3 Å². The standard InChI is InChI=1S/C34H45ClFN3O3S/c1-22(2)33-19-24(15-17-42-33)28(23-8-10-25(35)11-9-23)20-34(40)38-30-7-3-6-29(36)27(30)12-13-31-32-21-39(32)26(14-16-37-31)5-4-18-43-41/h3,6-11,22,24,26,28,33,37,41H,4-5,12-21H2,1-2H3,(H,38,40). The number of carbonyl (C=O) groups is 1. The molecule has 43 heavy (non-hydrogen) atoms.